The summed E-state index contributed by atoms with van der Waals surface area (Å²) >= 11 is 5.98. The summed E-state index contributed by atoms with van der Waals surface area (Å²) in [4.78, 5) is 25.9. The van der Waals surface area contributed by atoms with Gasteiger partial charge in [0.2, 0.25) is 5.75 Å². The van der Waals surface area contributed by atoms with Crippen LogP contribution in [0.5, 0.6) is 17.2 Å². The second-order valence-corrected chi connectivity index (χ2v) is 6.78. The zero-order valence-corrected chi connectivity index (χ0v) is 17.5. The Morgan fingerprint density at radius 3 is 2.47 bits per heavy atom. The highest BCUT2D eigenvalue weighted by molar-refractivity contribution is 6.30. The van der Waals surface area contributed by atoms with Crippen LogP contribution in [0.3, 0.4) is 0 Å². The normalized spacial score (nSPS) is 15.4. The highest BCUT2D eigenvalue weighted by Crippen LogP contribution is 2.39. The first-order valence-corrected chi connectivity index (χ1v) is 9.41. The Labute approximate surface area is 178 Å². The number of nitrogens with zero attached hydrogens (tertiary/aromatic N) is 1. The molecule has 0 saturated carbocycles. The minimum Gasteiger partial charge on any atom is -0.493 e. The second-order valence-electron chi connectivity index (χ2n) is 6.35. The lowest BCUT2D eigenvalue weighted by Crippen LogP contribution is -2.37. The molecular weight excluding hydrogens is 414 g/mol. The van der Waals surface area contributed by atoms with Gasteiger partial charge >= 0.3 is 12.1 Å². The number of hydrogen-bond acceptors (Lipinski definition) is 6. The van der Waals surface area contributed by atoms with Gasteiger partial charge in [-0.2, -0.15) is 0 Å². The maximum absolute atomic E-state index is 12.3. The Morgan fingerprint density at radius 2 is 1.87 bits per heavy atom. The van der Waals surface area contributed by atoms with Crippen molar-refractivity contribution in [3.8, 4) is 17.2 Å². The van der Waals surface area contributed by atoms with Crippen LogP contribution >= 0.6 is 11.6 Å². The number of methoxy groups -OCH3 is 3. The fourth-order valence-electron chi connectivity index (χ4n) is 3.02. The van der Waals surface area contributed by atoms with E-state index in [2.05, 4.69) is 10.6 Å². The van der Waals surface area contributed by atoms with E-state index in [1.165, 1.54) is 26.2 Å². The van der Waals surface area contributed by atoms with Crippen molar-refractivity contribution in [3.05, 3.63) is 41.4 Å². The summed E-state index contributed by atoms with van der Waals surface area (Å²) in [5.74, 6) is 1.24. The molecule has 0 aromatic heterocycles. The number of carbonyl (C=O) groups is 2. The van der Waals surface area contributed by atoms with E-state index in [0.29, 0.717) is 40.2 Å². The summed E-state index contributed by atoms with van der Waals surface area (Å²) in [5, 5.41) is 5.90. The van der Waals surface area contributed by atoms with Crippen LogP contribution in [0.2, 0.25) is 5.02 Å². The molecule has 30 heavy (non-hydrogen) atoms. The maximum Gasteiger partial charge on any atom is 0.414 e. The molecule has 1 heterocycles. The molecule has 3 amide bonds. The van der Waals surface area contributed by atoms with Crippen LogP contribution < -0.4 is 29.7 Å². The summed E-state index contributed by atoms with van der Waals surface area (Å²) in [5.41, 5.74) is 1.09. The zero-order valence-electron chi connectivity index (χ0n) is 16.7. The molecule has 3 rings (SSSR count). The van der Waals surface area contributed by atoms with Crippen LogP contribution in [0.15, 0.2) is 36.4 Å². The minimum atomic E-state index is -0.498. The molecule has 0 radical (unpaired) electrons. The standard InChI is InChI=1S/C20H22ClN3O6/c1-27-16-8-13(9-17(28-2)18(16)29-3)23-19(25)22-10-15-11-24(20(26)30-15)14-6-4-5-12(21)7-14/h4-9,15H,10-11H2,1-3H3,(H2,22,23,25). The lowest BCUT2D eigenvalue weighted by molar-refractivity contribution is 0.141. The van der Waals surface area contributed by atoms with Gasteiger partial charge in [-0.05, 0) is 18.2 Å². The van der Waals surface area contributed by atoms with Crippen LogP contribution in [0, 0.1) is 0 Å². The Morgan fingerprint density at radius 1 is 1.17 bits per heavy atom. The zero-order chi connectivity index (χ0) is 21.7. The molecule has 1 atom stereocenters. The van der Waals surface area contributed by atoms with Crippen LogP contribution in [-0.4, -0.2) is 52.6 Å². The third-order valence-corrected chi connectivity index (χ3v) is 4.64. The van der Waals surface area contributed by atoms with E-state index in [1.54, 1.807) is 36.4 Å². The molecule has 1 aliphatic heterocycles. The molecule has 1 aliphatic rings. The first-order valence-electron chi connectivity index (χ1n) is 9.03. The van der Waals surface area contributed by atoms with Crippen molar-refractivity contribution < 1.29 is 28.5 Å². The third kappa shape index (κ3) is 4.80. The molecule has 1 saturated heterocycles. The SMILES string of the molecule is COc1cc(NC(=O)NCC2CN(c3cccc(Cl)c3)C(=O)O2)cc(OC)c1OC. The quantitative estimate of drug-likeness (QED) is 0.690. The van der Waals surface area contributed by atoms with Crippen molar-refractivity contribution in [3.63, 3.8) is 0 Å². The van der Waals surface area contributed by atoms with Crippen LogP contribution in [0.1, 0.15) is 0 Å². The van der Waals surface area contributed by atoms with Gasteiger partial charge < -0.3 is 29.6 Å². The lowest BCUT2D eigenvalue weighted by Gasteiger charge is -2.15. The number of amides is 3. The van der Waals surface area contributed by atoms with Gasteiger partial charge in [0.05, 0.1) is 40.1 Å². The van der Waals surface area contributed by atoms with Gasteiger partial charge in [0, 0.05) is 22.8 Å². The van der Waals surface area contributed by atoms with Crippen LogP contribution in [-0.2, 0) is 4.74 Å². The molecule has 2 aromatic carbocycles. The molecule has 0 aliphatic carbocycles. The molecule has 2 aromatic rings. The number of halogens is 1. The lowest BCUT2D eigenvalue weighted by atomic mass is 10.2. The minimum absolute atomic E-state index is 0.138. The molecule has 1 unspecified atom stereocenters. The number of carbonyl (C=O) groups excluding carboxylic acids is 2. The van der Waals surface area contributed by atoms with E-state index in [4.69, 9.17) is 30.5 Å². The number of benzene rings is 2. The first kappa shape index (κ1) is 21.4. The number of nitrogens with one attached hydrogen (secondary N) is 2. The molecule has 1 fully saturated rings. The monoisotopic (exact) mass is 435 g/mol. The van der Waals surface area contributed by atoms with Gasteiger partial charge in [-0.15, -0.1) is 0 Å². The Hall–Kier alpha value is -3.33. The topological polar surface area (TPSA) is 98.4 Å². The van der Waals surface area contributed by atoms with Crippen molar-refractivity contribution in [2.24, 2.45) is 0 Å². The van der Waals surface area contributed by atoms with E-state index in [1.807, 2.05) is 0 Å². The molecular formula is C20H22ClN3O6. The van der Waals surface area contributed by atoms with Crippen LogP contribution in [0.4, 0.5) is 21.0 Å². The molecule has 160 valence electrons. The fourth-order valence-corrected chi connectivity index (χ4v) is 3.20. The molecule has 0 bridgehead atoms. The van der Waals surface area contributed by atoms with E-state index in [9.17, 15) is 9.59 Å². The highest BCUT2D eigenvalue weighted by Gasteiger charge is 2.32. The van der Waals surface area contributed by atoms with E-state index in [-0.39, 0.29) is 6.54 Å². The summed E-state index contributed by atoms with van der Waals surface area (Å²) in [6.07, 6.45) is -0.990. The number of cyclic esters (lactones) is 1. The molecule has 10 heteroatoms. The number of hydrogen-bond donors (Lipinski definition) is 2. The Balaban J connectivity index is 1.58. The van der Waals surface area contributed by atoms with E-state index < -0.39 is 18.2 Å². The van der Waals surface area contributed by atoms with E-state index >= 15 is 0 Å². The van der Waals surface area contributed by atoms with E-state index in [0.717, 1.165) is 0 Å². The first-order chi connectivity index (χ1) is 14.4. The summed E-state index contributed by atoms with van der Waals surface area (Å²) in [6, 6.07) is 9.66. The molecule has 9 nitrogen and oxygen atoms in total. The average molecular weight is 436 g/mol. The summed E-state index contributed by atoms with van der Waals surface area (Å²) < 4.78 is 21.1. The van der Waals surface area contributed by atoms with Crippen molar-refractivity contribution in [2.45, 2.75) is 6.10 Å². The smallest absolute Gasteiger partial charge is 0.414 e. The number of anilines is 2. The van der Waals surface area contributed by atoms with Crippen molar-refractivity contribution in [1.29, 1.82) is 0 Å². The van der Waals surface area contributed by atoms with Gasteiger partial charge in [-0.1, -0.05) is 17.7 Å². The Bertz CT molecular complexity index is 914. The summed E-state index contributed by atoms with van der Waals surface area (Å²) in [6.45, 7) is 0.433. The third-order valence-electron chi connectivity index (χ3n) is 4.41. The number of rotatable bonds is 7. The number of ether oxygens (including phenoxy) is 4. The van der Waals surface area contributed by atoms with Gasteiger partial charge in [0.25, 0.3) is 0 Å². The van der Waals surface area contributed by atoms with Crippen LogP contribution in [0.25, 0.3) is 0 Å². The Kier molecular flexibility index (Phi) is 6.73. The molecule has 2 N–H and O–H groups in total. The predicted octanol–water partition coefficient (Wildman–Crippen LogP) is 3.51. The summed E-state index contributed by atoms with van der Waals surface area (Å²) in [7, 11) is 4.47. The van der Waals surface area contributed by atoms with Gasteiger partial charge in [0.15, 0.2) is 11.5 Å². The maximum atomic E-state index is 12.3. The van der Waals surface area contributed by atoms with Crippen molar-refractivity contribution in [1.82, 2.24) is 5.32 Å². The average Bonchev–Trinajstić information content (AvgIpc) is 3.12. The van der Waals surface area contributed by atoms with Crippen molar-refractivity contribution in [2.75, 3.05) is 44.6 Å². The predicted molar refractivity (Wildman–Crippen MR) is 112 cm³/mol. The van der Waals surface area contributed by atoms with Crippen molar-refractivity contribution >= 4 is 35.1 Å². The fraction of sp³-hybridized carbons (Fsp3) is 0.300. The van der Waals surface area contributed by atoms with Gasteiger partial charge in [0.1, 0.15) is 6.10 Å². The second kappa shape index (κ2) is 9.45. The van der Waals surface area contributed by atoms with Gasteiger partial charge in [-0.3, -0.25) is 4.90 Å². The largest absolute Gasteiger partial charge is 0.493 e. The molecule has 0 spiro atoms. The van der Waals surface area contributed by atoms with Gasteiger partial charge in [-0.25, -0.2) is 9.59 Å². The number of urea groups is 1. The highest BCUT2D eigenvalue weighted by atomic mass is 35.5.